The first kappa shape index (κ1) is 9.66. The summed E-state index contributed by atoms with van der Waals surface area (Å²) in [6.07, 6.45) is 7.57. The van der Waals surface area contributed by atoms with Crippen LogP contribution in [0.15, 0.2) is 24.5 Å². The fourth-order valence-corrected chi connectivity index (χ4v) is 2.19. The van der Waals surface area contributed by atoms with Crippen molar-refractivity contribution in [2.45, 2.75) is 25.4 Å². The van der Waals surface area contributed by atoms with Crippen molar-refractivity contribution in [1.29, 1.82) is 0 Å². The molecular weight excluding hydrogens is 202 g/mol. The van der Waals surface area contributed by atoms with Gasteiger partial charge in [0.1, 0.15) is 5.65 Å². The minimum atomic E-state index is 0.349. The molecule has 0 bridgehead atoms. The molecule has 1 atom stereocenters. The van der Waals surface area contributed by atoms with Crippen LogP contribution in [0.4, 0.5) is 5.69 Å². The topological polar surface area (TPSA) is 52.5 Å². The first-order valence-corrected chi connectivity index (χ1v) is 5.66. The van der Waals surface area contributed by atoms with Gasteiger partial charge in [-0.1, -0.05) is 0 Å². The molecule has 0 aromatic carbocycles. The molecule has 4 nitrogen and oxygen atoms in total. The van der Waals surface area contributed by atoms with E-state index in [1.165, 1.54) is 6.42 Å². The molecular formula is C12H15N3O. The number of nitrogens with zero attached hydrogens (tertiary/aromatic N) is 2. The molecule has 2 aromatic rings. The van der Waals surface area contributed by atoms with E-state index in [0.29, 0.717) is 6.10 Å². The standard InChI is InChI=1S/C12H15N3O/c13-9-3-4-15-8-10(14-12(15)6-9)7-11-2-1-5-16-11/h3-4,6,8,11H,1-2,5,7,13H2. The normalized spacial score (nSPS) is 20.6. The number of hydrogen-bond acceptors (Lipinski definition) is 3. The molecule has 1 aliphatic rings. The van der Waals surface area contributed by atoms with Crippen LogP contribution in [0.2, 0.25) is 0 Å². The first-order valence-electron chi connectivity index (χ1n) is 5.66. The van der Waals surface area contributed by atoms with E-state index in [2.05, 4.69) is 11.2 Å². The van der Waals surface area contributed by atoms with E-state index in [1.807, 2.05) is 22.7 Å². The van der Waals surface area contributed by atoms with Crippen molar-refractivity contribution in [2.24, 2.45) is 0 Å². The van der Waals surface area contributed by atoms with Crippen molar-refractivity contribution in [1.82, 2.24) is 9.38 Å². The Morgan fingerprint density at radius 3 is 3.31 bits per heavy atom. The first-order chi connectivity index (χ1) is 7.81. The van der Waals surface area contributed by atoms with E-state index < -0.39 is 0 Å². The molecule has 0 radical (unpaired) electrons. The Labute approximate surface area is 94.0 Å². The number of aromatic nitrogens is 2. The fraction of sp³-hybridized carbons (Fsp3) is 0.417. The quantitative estimate of drug-likeness (QED) is 0.832. The Balaban J connectivity index is 1.86. The lowest BCUT2D eigenvalue weighted by Crippen LogP contribution is -2.08. The Kier molecular flexibility index (Phi) is 2.29. The zero-order valence-electron chi connectivity index (χ0n) is 9.10. The molecule has 0 spiro atoms. The molecule has 3 rings (SSSR count). The van der Waals surface area contributed by atoms with E-state index >= 15 is 0 Å². The lowest BCUT2D eigenvalue weighted by atomic mass is 10.1. The third kappa shape index (κ3) is 1.76. The van der Waals surface area contributed by atoms with Gasteiger partial charge < -0.3 is 14.9 Å². The average molecular weight is 217 g/mol. The summed E-state index contributed by atoms with van der Waals surface area (Å²) < 4.78 is 7.60. The van der Waals surface area contributed by atoms with Crippen LogP contribution in [0.25, 0.3) is 5.65 Å². The SMILES string of the molecule is Nc1ccn2cc(CC3CCCO3)nc2c1. The number of rotatable bonds is 2. The Bertz CT molecular complexity index is 500. The van der Waals surface area contributed by atoms with Crippen LogP contribution >= 0.6 is 0 Å². The number of nitrogen functional groups attached to an aromatic ring is 1. The van der Waals surface area contributed by atoms with Gasteiger partial charge in [-0.25, -0.2) is 4.98 Å². The summed E-state index contributed by atoms with van der Waals surface area (Å²) in [6, 6.07) is 3.77. The van der Waals surface area contributed by atoms with Gasteiger partial charge >= 0.3 is 0 Å². The maximum atomic E-state index is 5.72. The maximum Gasteiger partial charge on any atom is 0.139 e. The number of imidazole rings is 1. The van der Waals surface area contributed by atoms with Gasteiger partial charge in [0.2, 0.25) is 0 Å². The summed E-state index contributed by atoms with van der Waals surface area (Å²) in [5.74, 6) is 0. The minimum Gasteiger partial charge on any atom is -0.399 e. The molecule has 0 aliphatic carbocycles. The number of nitrogens with two attached hydrogens (primary N) is 1. The summed E-state index contributed by atoms with van der Waals surface area (Å²) in [5.41, 5.74) is 8.46. The average Bonchev–Trinajstić information content (AvgIpc) is 2.86. The van der Waals surface area contributed by atoms with E-state index in [-0.39, 0.29) is 0 Å². The van der Waals surface area contributed by atoms with Gasteiger partial charge in [-0.2, -0.15) is 0 Å². The predicted molar refractivity (Wildman–Crippen MR) is 62.3 cm³/mol. The molecule has 1 aliphatic heterocycles. The van der Waals surface area contributed by atoms with Crippen LogP contribution in [-0.2, 0) is 11.2 Å². The molecule has 1 fully saturated rings. The van der Waals surface area contributed by atoms with E-state index in [1.54, 1.807) is 0 Å². The fourth-order valence-electron chi connectivity index (χ4n) is 2.19. The second kappa shape index (κ2) is 3.79. The Hall–Kier alpha value is -1.55. The number of fused-ring (bicyclic) bond motifs is 1. The van der Waals surface area contributed by atoms with Crippen LogP contribution in [0, 0.1) is 0 Å². The molecule has 0 saturated carbocycles. The summed E-state index contributed by atoms with van der Waals surface area (Å²) in [7, 11) is 0. The maximum absolute atomic E-state index is 5.72. The molecule has 4 heteroatoms. The van der Waals surface area contributed by atoms with Gasteiger partial charge in [-0.15, -0.1) is 0 Å². The van der Waals surface area contributed by atoms with Crippen molar-refractivity contribution >= 4 is 11.3 Å². The van der Waals surface area contributed by atoms with Gasteiger partial charge in [-0.05, 0) is 18.9 Å². The number of ether oxygens (including phenoxy) is 1. The van der Waals surface area contributed by atoms with Crippen molar-refractivity contribution < 1.29 is 4.74 Å². The molecule has 1 saturated heterocycles. The second-order valence-electron chi connectivity index (χ2n) is 4.30. The zero-order valence-corrected chi connectivity index (χ0v) is 9.10. The monoisotopic (exact) mass is 217 g/mol. The molecule has 0 amide bonds. The predicted octanol–water partition coefficient (Wildman–Crippen LogP) is 1.64. The molecule has 2 aromatic heterocycles. The van der Waals surface area contributed by atoms with E-state index in [4.69, 9.17) is 10.5 Å². The zero-order chi connectivity index (χ0) is 11.0. The molecule has 1 unspecified atom stereocenters. The lowest BCUT2D eigenvalue weighted by molar-refractivity contribution is 0.111. The summed E-state index contributed by atoms with van der Waals surface area (Å²) in [6.45, 7) is 0.894. The smallest absolute Gasteiger partial charge is 0.139 e. The summed E-state index contributed by atoms with van der Waals surface area (Å²) >= 11 is 0. The van der Waals surface area contributed by atoms with Crippen molar-refractivity contribution in [3.05, 3.63) is 30.2 Å². The minimum absolute atomic E-state index is 0.349. The molecule has 84 valence electrons. The third-order valence-electron chi connectivity index (χ3n) is 2.99. The van der Waals surface area contributed by atoms with Crippen LogP contribution in [0.3, 0.4) is 0 Å². The van der Waals surface area contributed by atoms with Crippen LogP contribution in [0.5, 0.6) is 0 Å². The highest BCUT2D eigenvalue weighted by Crippen LogP contribution is 2.17. The largest absolute Gasteiger partial charge is 0.399 e. The van der Waals surface area contributed by atoms with Crippen LogP contribution in [-0.4, -0.2) is 22.1 Å². The highest BCUT2D eigenvalue weighted by Gasteiger charge is 2.17. The van der Waals surface area contributed by atoms with E-state index in [0.717, 1.165) is 36.5 Å². The van der Waals surface area contributed by atoms with Crippen molar-refractivity contribution in [2.75, 3.05) is 12.3 Å². The van der Waals surface area contributed by atoms with Crippen LogP contribution < -0.4 is 5.73 Å². The number of pyridine rings is 1. The van der Waals surface area contributed by atoms with Crippen molar-refractivity contribution in [3.8, 4) is 0 Å². The van der Waals surface area contributed by atoms with Gasteiger partial charge in [0.15, 0.2) is 0 Å². The Morgan fingerprint density at radius 1 is 1.56 bits per heavy atom. The lowest BCUT2D eigenvalue weighted by Gasteiger charge is -2.05. The van der Waals surface area contributed by atoms with Crippen molar-refractivity contribution in [3.63, 3.8) is 0 Å². The highest BCUT2D eigenvalue weighted by atomic mass is 16.5. The Morgan fingerprint density at radius 2 is 2.50 bits per heavy atom. The molecule has 3 heterocycles. The summed E-state index contributed by atoms with van der Waals surface area (Å²) in [4.78, 5) is 4.54. The summed E-state index contributed by atoms with van der Waals surface area (Å²) in [5, 5.41) is 0. The van der Waals surface area contributed by atoms with Gasteiger partial charge in [0.05, 0.1) is 11.8 Å². The van der Waals surface area contributed by atoms with Crippen LogP contribution in [0.1, 0.15) is 18.5 Å². The molecule has 2 N–H and O–H groups in total. The van der Waals surface area contributed by atoms with E-state index in [9.17, 15) is 0 Å². The van der Waals surface area contributed by atoms with Gasteiger partial charge in [-0.3, -0.25) is 0 Å². The highest BCUT2D eigenvalue weighted by molar-refractivity contribution is 5.52. The molecule has 16 heavy (non-hydrogen) atoms. The van der Waals surface area contributed by atoms with Gasteiger partial charge in [0.25, 0.3) is 0 Å². The second-order valence-corrected chi connectivity index (χ2v) is 4.30. The third-order valence-corrected chi connectivity index (χ3v) is 2.99. The number of hydrogen-bond donors (Lipinski definition) is 1. The number of anilines is 1. The van der Waals surface area contributed by atoms with Gasteiger partial charge in [0, 0.05) is 37.2 Å².